The first-order valence-electron chi connectivity index (χ1n) is 9.69. The van der Waals surface area contributed by atoms with Crippen molar-refractivity contribution < 1.29 is 26.4 Å². The van der Waals surface area contributed by atoms with E-state index in [1.807, 2.05) is 0 Å². The first-order valence-corrected chi connectivity index (χ1v) is 12.1. The van der Waals surface area contributed by atoms with Crippen molar-refractivity contribution in [3.8, 4) is 21.8 Å². The number of carbonyl (C=O) groups is 1. The van der Waals surface area contributed by atoms with Crippen LogP contribution in [0.3, 0.4) is 0 Å². The standard InChI is InChI=1S/C23H16F3N3O3S2/c24-23(25,26)17-11-9-14(10-12-17)19-13-33-22(29-19)16-7-5-15(6-8-16)21(30)28-18-3-1-2-4-20(18)34(27,31)32/h1-13H,(H,28,30)(H2,27,31,32). The van der Waals surface area contributed by atoms with Crippen molar-refractivity contribution in [3.05, 3.63) is 89.3 Å². The van der Waals surface area contributed by atoms with Crippen LogP contribution in [0.4, 0.5) is 18.9 Å². The van der Waals surface area contributed by atoms with Gasteiger partial charge in [0, 0.05) is 22.1 Å². The SMILES string of the molecule is NS(=O)(=O)c1ccccc1NC(=O)c1ccc(-c2nc(-c3ccc(C(F)(F)F)cc3)cs2)cc1. The Hall–Kier alpha value is -3.54. The quantitative estimate of drug-likeness (QED) is 0.381. The van der Waals surface area contributed by atoms with Gasteiger partial charge in [0.05, 0.1) is 16.9 Å². The Morgan fingerprint density at radius 2 is 1.53 bits per heavy atom. The molecule has 4 aromatic rings. The van der Waals surface area contributed by atoms with Crippen molar-refractivity contribution in [2.45, 2.75) is 11.1 Å². The zero-order valence-corrected chi connectivity index (χ0v) is 18.8. The maximum atomic E-state index is 12.8. The highest BCUT2D eigenvalue weighted by Gasteiger charge is 2.30. The highest BCUT2D eigenvalue weighted by atomic mass is 32.2. The van der Waals surface area contributed by atoms with E-state index in [9.17, 15) is 26.4 Å². The lowest BCUT2D eigenvalue weighted by atomic mass is 10.1. The second kappa shape index (κ2) is 9.01. The van der Waals surface area contributed by atoms with Crippen molar-refractivity contribution in [1.29, 1.82) is 0 Å². The lowest BCUT2D eigenvalue weighted by Gasteiger charge is -2.09. The number of amides is 1. The fourth-order valence-electron chi connectivity index (χ4n) is 3.15. The maximum absolute atomic E-state index is 12.8. The first-order chi connectivity index (χ1) is 16.0. The average molecular weight is 504 g/mol. The third-order valence-corrected chi connectivity index (χ3v) is 6.71. The molecule has 0 radical (unpaired) electrons. The molecule has 11 heteroatoms. The predicted molar refractivity (Wildman–Crippen MR) is 124 cm³/mol. The van der Waals surface area contributed by atoms with Crippen molar-refractivity contribution >= 4 is 33.0 Å². The molecule has 0 unspecified atom stereocenters. The summed E-state index contributed by atoms with van der Waals surface area (Å²) >= 11 is 1.31. The summed E-state index contributed by atoms with van der Waals surface area (Å²) in [6.45, 7) is 0. The largest absolute Gasteiger partial charge is 0.416 e. The Balaban J connectivity index is 1.51. The van der Waals surface area contributed by atoms with Gasteiger partial charge in [0.25, 0.3) is 5.91 Å². The molecule has 0 atom stereocenters. The molecule has 1 amide bonds. The number of para-hydroxylation sites is 1. The highest BCUT2D eigenvalue weighted by Crippen LogP contribution is 2.33. The smallest absolute Gasteiger partial charge is 0.321 e. The van der Waals surface area contributed by atoms with E-state index in [2.05, 4.69) is 10.3 Å². The number of sulfonamides is 1. The number of primary sulfonamides is 1. The van der Waals surface area contributed by atoms with Gasteiger partial charge in [-0.1, -0.05) is 36.4 Å². The van der Waals surface area contributed by atoms with Gasteiger partial charge in [-0.15, -0.1) is 11.3 Å². The van der Waals surface area contributed by atoms with E-state index < -0.39 is 27.7 Å². The van der Waals surface area contributed by atoms with Gasteiger partial charge < -0.3 is 5.32 Å². The molecule has 1 heterocycles. The molecule has 0 spiro atoms. The van der Waals surface area contributed by atoms with Gasteiger partial charge in [-0.3, -0.25) is 4.79 Å². The lowest BCUT2D eigenvalue weighted by Crippen LogP contribution is -2.18. The van der Waals surface area contributed by atoms with E-state index in [-0.39, 0.29) is 16.1 Å². The van der Waals surface area contributed by atoms with Crippen LogP contribution < -0.4 is 10.5 Å². The summed E-state index contributed by atoms with van der Waals surface area (Å²) < 4.78 is 61.7. The Morgan fingerprint density at radius 1 is 0.912 bits per heavy atom. The number of thiazole rings is 1. The maximum Gasteiger partial charge on any atom is 0.416 e. The topological polar surface area (TPSA) is 102 Å². The summed E-state index contributed by atoms with van der Waals surface area (Å²) in [5, 5.41) is 10.1. The van der Waals surface area contributed by atoms with Crippen LogP contribution in [0.15, 0.2) is 83.1 Å². The second-order valence-electron chi connectivity index (χ2n) is 7.19. The minimum absolute atomic E-state index is 0.0696. The number of aromatic nitrogens is 1. The zero-order valence-electron chi connectivity index (χ0n) is 17.2. The third-order valence-electron chi connectivity index (χ3n) is 4.85. The zero-order chi connectivity index (χ0) is 24.5. The molecule has 0 fully saturated rings. The summed E-state index contributed by atoms with van der Waals surface area (Å²) in [6, 6.07) is 17.0. The monoisotopic (exact) mass is 503 g/mol. The summed E-state index contributed by atoms with van der Waals surface area (Å²) in [6.07, 6.45) is -4.40. The van der Waals surface area contributed by atoms with Gasteiger partial charge in [-0.25, -0.2) is 18.5 Å². The predicted octanol–water partition coefficient (Wildman–Crippen LogP) is 5.40. The number of halogens is 3. The molecule has 174 valence electrons. The van der Waals surface area contributed by atoms with Crippen LogP contribution in [-0.4, -0.2) is 19.3 Å². The molecule has 0 aliphatic rings. The molecule has 0 saturated carbocycles. The minimum Gasteiger partial charge on any atom is -0.321 e. The summed E-state index contributed by atoms with van der Waals surface area (Å²) in [5.74, 6) is -0.521. The number of hydrogen-bond acceptors (Lipinski definition) is 5. The van der Waals surface area contributed by atoms with Crippen LogP contribution >= 0.6 is 11.3 Å². The number of alkyl halides is 3. The number of nitrogens with two attached hydrogens (primary N) is 1. The molecular formula is C23H16F3N3O3S2. The Morgan fingerprint density at radius 3 is 2.15 bits per heavy atom. The van der Waals surface area contributed by atoms with Crippen molar-refractivity contribution in [2.24, 2.45) is 5.14 Å². The fraction of sp³-hybridized carbons (Fsp3) is 0.0435. The van der Waals surface area contributed by atoms with Gasteiger partial charge in [-0.05, 0) is 36.4 Å². The number of carbonyl (C=O) groups excluding carboxylic acids is 1. The van der Waals surface area contributed by atoms with E-state index in [0.29, 0.717) is 21.8 Å². The number of nitrogens with one attached hydrogen (secondary N) is 1. The Labute approximate surface area is 197 Å². The number of rotatable bonds is 5. The molecule has 3 N–H and O–H groups in total. The lowest BCUT2D eigenvalue weighted by molar-refractivity contribution is -0.137. The number of hydrogen-bond donors (Lipinski definition) is 2. The first kappa shape index (κ1) is 23.6. The number of nitrogens with zero attached hydrogens (tertiary/aromatic N) is 1. The van der Waals surface area contributed by atoms with E-state index in [4.69, 9.17) is 5.14 Å². The summed E-state index contributed by atoms with van der Waals surface area (Å²) in [4.78, 5) is 16.9. The van der Waals surface area contributed by atoms with Gasteiger partial charge in [0.1, 0.15) is 9.90 Å². The van der Waals surface area contributed by atoms with Gasteiger partial charge in [-0.2, -0.15) is 13.2 Å². The van der Waals surface area contributed by atoms with E-state index >= 15 is 0 Å². The van der Waals surface area contributed by atoms with Crippen LogP contribution in [0, 0.1) is 0 Å². The molecule has 1 aromatic heterocycles. The average Bonchev–Trinajstić information content (AvgIpc) is 3.29. The van der Waals surface area contributed by atoms with Crippen LogP contribution in [0.1, 0.15) is 15.9 Å². The number of benzene rings is 3. The highest BCUT2D eigenvalue weighted by molar-refractivity contribution is 7.89. The van der Waals surface area contributed by atoms with Crippen molar-refractivity contribution in [2.75, 3.05) is 5.32 Å². The van der Waals surface area contributed by atoms with Gasteiger partial charge in [0.15, 0.2) is 0 Å². The summed E-state index contributed by atoms with van der Waals surface area (Å²) in [5.41, 5.74) is 1.43. The van der Waals surface area contributed by atoms with E-state index in [1.165, 1.54) is 41.7 Å². The second-order valence-corrected chi connectivity index (χ2v) is 9.57. The fourth-order valence-corrected chi connectivity index (χ4v) is 4.67. The van der Waals surface area contributed by atoms with E-state index in [1.54, 1.807) is 35.7 Å². The molecule has 0 bridgehead atoms. The minimum atomic E-state index is -4.40. The van der Waals surface area contributed by atoms with Crippen LogP contribution in [0.25, 0.3) is 21.8 Å². The van der Waals surface area contributed by atoms with Crippen molar-refractivity contribution in [1.82, 2.24) is 4.98 Å². The molecule has 4 rings (SSSR count). The normalized spacial score (nSPS) is 11.9. The molecule has 6 nitrogen and oxygen atoms in total. The van der Waals surface area contributed by atoms with Crippen molar-refractivity contribution in [3.63, 3.8) is 0 Å². The summed E-state index contributed by atoms with van der Waals surface area (Å²) in [7, 11) is -4.01. The molecule has 0 aliphatic heterocycles. The van der Waals surface area contributed by atoms with Crippen LogP contribution in [-0.2, 0) is 16.2 Å². The van der Waals surface area contributed by atoms with Gasteiger partial charge >= 0.3 is 6.18 Å². The molecule has 0 saturated heterocycles. The van der Waals surface area contributed by atoms with Crippen LogP contribution in [0.2, 0.25) is 0 Å². The molecule has 3 aromatic carbocycles. The van der Waals surface area contributed by atoms with Crippen LogP contribution in [0.5, 0.6) is 0 Å². The molecule has 34 heavy (non-hydrogen) atoms. The molecular weight excluding hydrogens is 487 g/mol. The van der Waals surface area contributed by atoms with E-state index in [0.717, 1.165) is 12.1 Å². The Bertz CT molecular complexity index is 1450. The van der Waals surface area contributed by atoms with Gasteiger partial charge in [0.2, 0.25) is 10.0 Å². The Kier molecular flexibility index (Phi) is 6.26. The number of anilines is 1. The third kappa shape index (κ3) is 5.16. The molecule has 0 aliphatic carbocycles.